The van der Waals surface area contributed by atoms with Gasteiger partial charge in [-0.15, -0.1) is 0 Å². The zero-order chi connectivity index (χ0) is 13.5. The van der Waals surface area contributed by atoms with Gasteiger partial charge in [-0.3, -0.25) is 4.79 Å². The lowest BCUT2D eigenvalue weighted by Gasteiger charge is -2.10. The zero-order valence-electron chi connectivity index (χ0n) is 11.1. The lowest BCUT2D eigenvalue weighted by Crippen LogP contribution is -2.39. The molecule has 0 aliphatic rings. The second kappa shape index (κ2) is 7.11. The van der Waals surface area contributed by atoms with Crippen LogP contribution in [0.25, 0.3) is 0 Å². The summed E-state index contributed by atoms with van der Waals surface area (Å²) in [6.07, 6.45) is 0.492. The highest BCUT2D eigenvalue weighted by atomic mass is 32.1. The predicted octanol–water partition coefficient (Wildman–Crippen LogP) is 2.53. The molecule has 3 nitrogen and oxygen atoms in total. The van der Waals surface area contributed by atoms with E-state index >= 15 is 0 Å². The summed E-state index contributed by atoms with van der Waals surface area (Å²) in [7, 11) is 0. The van der Waals surface area contributed by atoms with E-state index in [0.29, 0.717) is 24.0 Å². The van der Waals surface area contributed by atoms with Gasteiger partial charge in [0.15, 0.2) is 5.11 Å². The minimum Gasteiger partial charge on any atom is -0.358 e. The molecule has 0 aliphatic carbocycles. The van der Waals surface area contributed by atoms with Gasteiger partial charge in [-0.05, 0) is 30.6 Å². The Balaban J connectivity index is 2.33. The minimum absolute atomic E-state index is 0.0357. The summed E-state index contributed by atoms with van der Waals surface area (Å²) < 4.78 is 0. The van der Waals surface area contributed by atoms with Gasteiger partial charge >= 0.3 is 0 Å². The van der Waals surface area contributed by atoms with Crippen LogP contribution in [0.2, 0.25) is 0 Å². The van der Waals surface area contributed by atoms with E-state index in [1.165, 1.54) is 5.56 Å². The molecule has 98 valence electrons. The van der Waals surface area contributed by atoms with E-state index in [4.69, 9.17) is 12.2 Å². The summed E-state index contributed by atoms with van der Waals surface area (Å²) in [5.74, 6) is 0.302. The molecular weight excluding hydrogens is 244 g/mol. The molecule has 1 amide bonds. The molecule has 2 N–H and O–H groups in total. The second-order valence-electron chi connectivity index (χ2n) is 4.81. The zero-order valence-corrected chi connectivity index (χ0v) is 11.9. The third-order valence-corrected chi connectivity index (χ3v) is 2.67. The first-order valence-corrected chi connectivity index (χ1v) is 6.51. The normalized spacial score (nSPS) is 10.2. The molecule has 0 atom stereocenters. The smallest absolute Gasteiger partial charge is 0.226 e. The van der Waals surface area contributed by atoms with Crippen LogP contribution >= 0.6 is 12.2 Å². The Kier molecular flexibility index (Phi) is 5.78. The summed E-state index contributed by atoms with van der Waals surface area (Å²) in [5, 5.41) is 6.09. The molecule has 0 aliphatic heterocycles. The van der Waals surface area contributed by atoms with Gasteiger partial charge in [-0.25, -0.2) is 0 Å². The maximum absolute atomic E-state index is 11.5. The standard InChI is InChI=1S/C14H20N2OS/c1-10(2)8-13(17)16-14(18)15-9-12-6-4-11(3)5-7-12/h4-7,10H,8-9H2,1-3H3,(H2,15,16,17,18). The molecule has 1 aromatic carbocycles. The number of amides is 1. The Morgan fingerprint density at radius 2 is 1.89 bits per heavy atom. The van der Waals surface area contributed by atoms with E-state index in [9.17, 15) is 4.79 Å². The van der Waals surface area contributed by atoms with E-state index in [-0.39, 0.29) is 5.91 Å². The van der Waals surface area contributed by atoms with Gasteiger partial charge in [0.25, 0.3) is 0 Å². The average molecular weight is 264 g/mol. The average Bonchev–Trinajstić information content (AvgIpc) is 2.27. The lowest BCUT2D eigenvalue weighted by molar-refractivity contribution is -0.120. The SMILES string of the molecule is Cc1ccc(CNC(=S)NC(=O)CC(C)C)cc1. The largest absolute Gasteiger partial charge is 0.358 e. The van der Waals surface area contributed by atoms with Crippen LogP contribution in [-0.2, 0) is 11.3 Å². The Labute approximate surface area is 114 Å². The highest BCUT2D eigenvalue weighted by Crippen LogP contribution is 2.02. The molecule has 0 aromatic heterocycles. The molecule has 0 unspecified atom stereocenters. The van der Waals surface area contributed by atoms with Crippen LogP contribution in [0.5, 0.6) is 0 Å². The van der Waals surface area contributed by atoms with Crippen LogP contribution in [0.1, 0.15) is 31.4 Å². The van der Waals surface area contributed by atoms with Gasteiger partial charge in [-0.1, -0.05) is 43.7 Å². The van der Waals surface area contributed by atoms with Gasteiger partial charge in [0.2, 0.25) is 5.91 Å². The van der Waals surface area contributed by atoms with Gasteiger partial charge in [0.1, 0.15) is 0 Å². The Morgan fingerprint density at radius 3 is 2.44 bits per heavy atom. The van der Waals surface area contributed by atoms with E-state index in [1.54, 1.807) is 0 Å². The molecule has 0 saturated carbocycles. The van der Waals surface area contributed by atoms with Crippen molar-refractivity contribution in [1.29, 1.82) is 0 Å². The summed E-state index contributed by atoms with van der Waals surface area (Å²) in [6, 6.07) is 8.19. The number of carbonyl (C=O) groups is 1. The fraction of sp³-hybridized carbons (Fsp3) is 0.429. The molecule has 1 aromatic rings. The van der Waals surface area contributed by atoms with Gasteiger partial charge in [-0.2, -0.15) is 0 Å². The van der Waals surface area contributed by atoms with Crippen molar-refractivity contribution in [3.05, 3.63) is 35.4 Å². The number of rotatable bonds is 4. The fourth-order valence-electron chi connectivity index (χ4n) is 1.48. The lowest BCUT2D eigenvalue weighted by atomic mass is 10.1. The van der Waals surface area contributed by atoms with Gasteiger partial charge in [0, 0.05) is 13.0 Å². The molecular formula is C14H20N2OS. The van der Waals surface area contributed by atoms with Crippen molar-refractivity contribution in [2.24, 2.45) is 5.92 Å². The molecule has 0 bridgehead atoms. The summed E-state index contributed by atoms with van der Waals surface area (Å²) in [5.41, 5.74) is 2.37. The molecule has 0 heterocycles. The van der Waals surface area contributed by atoms with E-state index in [1.807, 2.05) is 32.9 Å². The number of aryl methyl sites for hydroxylation is 1. The quantitative estimate of drug-likeness (QED) is 0.821. The van der Waals surface area contributed by atoms with Crippen molar-refractivity contribution in [2.75, 3.05) is 0 Å². The van der Waals surface area contributed by atoms with Crippen LogP contribution in [0, 0.1) is 12.8 Å². The van der Waals surface area contributed by atoms with Crippen molar-refractivity contribution < 1.29 is 4.79 Å². The maximum Gasteiger partial charge on any atom is 0.226 e. The molecule has 18 heavy (non-hydrogen) atoms. The monoisotopic (exact) mass is 264 g/mol. The minimum atomic E-state index is -0.0357. The van der Waals surface area contributed by atoms with Crippen LogP contribution < -0.4 is 10.6 Å². The Morgan fingerprint density at radius 1 is 1.28 bits per heavy atom. The Hall–Kier alpha value is -1.42. The van der Waals surface area contributed by atoms with Crippen molar-refractivity contribution in [3.63, 3.8) is 0 Å². The first kappa shape index (κ1) is 14.6. The molecule has 4 heteroatoms. The third-order valence-electron chi connectivity index (χ3n) is 2.42. The number of benzene rings is 1. The molecule has 0 fully saturated rings. The van der Waals surface area contributed by atoms with Crippen molar-refractivity contribution in [2.45, 2.75) is 33.7 Å². The van der Waals surface area contributed by atoms with E-state index in [0.717, 1.165) is 5.56 Å². The predicted molar refractivity (Wildman–Crippen MR) is 78.2 cm³/mol. The van der Waals surface area contributed by atoms with Gasteiger partial charge in [0.05, 0.1) is 0 Å². The fourth-order valence-corrected chi connectivity index (χ4v) is 1.67. The summed E-state index contributed by atoms with van der Waals surface area (Å²) in [6.45, 7) is 6.68. The van der Waals surface area contributed by atoms with Crippen molar-refractivity contribution in [1.82, 2.24) is 10.6 Å². The topological polar surface area (TPSA) is 41.1 Å². The third kappa shape index (κ3) is 5.77. The number of thiocarbonyl (C=S) groups is 1. The van der Waals surface area contributed by atoms with Crippen molar-refractivity contribution in [3.8, 4) is 0 Å². The van der Waals surface area contributed by atoms with Crippen LogP contribution in [-0.4, -0.2) is 11.0 Å². The number of carbonyl (C=O) groups excluding carboxylic acids is 1. The number of nitrogens with one attached hydrogen (secondary N) is 2. The van der Waals surface area contributed by atoms with Crippen LogP contribution in [0.15, 0.2) is 24.3 Å². The van der Waals surface area contributed by atoms with Crippen LogP contribution in [0.4, 0.5) is 0 Å². The maximum atomic E-state index is 11.5. The second-order valence-corrected chi connectivity index (χ2v) is 5.22. The number of hydrogen-bond donors (Lipinski definition) is 2. The van der Waals surface area contributed by atoms with Gasteiger partial charge < -0.3 is 10.6 Å². The first-order valence-electron chi connectivity index (χ1n) is 6.10. The molecule has 0 saturated heterocycles. The van der Waals surface area contributed by atoms with Crippen LogP contribution in [0.3, 0.4) is 0 Å². The van der Waals surface area contributed by atoms with E-state index in [2.05, 4.69) is 22.8 Å². The molecule has 0 radical (unpaired) electrons. The Bertz CT molecular complexity index is 412. The number of hydrogen-bond acceptors (Lipinski definition) is 2. The summed E-state index contributed by atoms with van der Waals surface area (Å²) >= 11 is 5.06. The highest BCUT2D eigenvalue weighted by molar-refractivity contribution is 7.80. The first-order chi connectivity index (χ1) is 8.47. The summed E-state index contributed by atoms with van der Waals surface area (Å²) in [4.78, 5) is 11.5. The molecule has 1 rings (SSSR count). The van der Waals surface area contributed by atoms with E-state index < -0.39 is 0 Å². The molecule has 0 spiro atoms. The van der Waals surface area contributed by atoms with Crippen molar-refractivity contribution >= 4 is 23.2 Å². The highest BCUT2D eigenvalue weighted by Gasteiger charge is 2.06.